The van der Waals surface area contributed by atoms with E-state index in [1.165, 1.54) is 23.8 Å². The summed E-state index contributed by atoms with van der Waals surface area (Å²) in [6.45, 7) is 1.58. The highest BCUT2D eigenvalue weighted by Gasteiger charge is 2.19. The molecule has 0 bridgehead atoms. The summed E-state index contributed by atoms with van der Waals surface area (Å²) in [5.74, 6) is 0. The Morgan fingerprint density at radius 1 is 1.61 bits per heavy atom. The zero-order valence-corrected chi connectivity index (χ0v) is 10.7. The van der Waals surface area contributed by atoms with E-state index in [4.69, 9.17) is 11.6 Å². The van der Waals surface area contributed by atoms with Gasteiger partial charge in [-0.05, 0) is 13.0 Å². The highest BCUT2D eigenvalue weighted by atomic mass is 35.5. The molecule has 0 aliphatic rings. The van der Waals surface area contributed by atoms with Crippen LogP contribution in [0.25, 0.3) is 0 Å². The molecule has 0 fully saturated rings. The molecule has 0 aromatic carbocycles. The molecule has 2 heterocycles. The smallest absolute Gasteiger partial charge is 0.303 e. The van der Waals surface area contributed by atoms with Crippen LogP contribution >= 0.6 is 23.1 Å². The second kappa shape index (κ2) is 4.83. The van der Waals surface area contributed by atoms with Crippen LogP contribution in [-0.2, 0) is 6.54 Å². The summed E-state index contributed by atoms with van der Waals surface area (Å²) in [4.78, 5) is 22.0. The number of aryl methyl sites for hydroxylation is 1. The van der Waals surface area contributed by atoms with Gasteiger partial charge >= 0.3 is 11.2 Å². The molecular weight excluding hydrogens is 280 g/mol. The Kier molecular flexibility index (Phi) is 3.39. The molecule has 0 spiro atoms. The fourth-order valence-corrected chi connectivity index (χ4v) is 2.06. The van der Waals surface area contributed by atoms with Crippen molar-refractivity contribution in [2.24, 2.45) is 0 Å². The number of nitro groups is 1. The molecule has 0 aliphatic heterocycles. The number of nitrogens with zero attached hydrogens (tertiary/aromatic N) is 4. The summed E-state index contributed by atoms with van der Waals surface area (Å²) in [5, 5.41) is 14.6. The van der Waals surface area contributed by atoms with Crippen molar-refractivity contribution in [3.63, 3.8) is 0 Å². The Bertz CT molecular complexity index is 666. The molecule has 0 amide bonds. The monoisotopic (exact) mass is 286 g/mol. The van der Waals surface area contributed by atoms with Crippen LogP contribution in [0.3, 0.4) is 0 Å². The Hall–Kier alpha value is -1.80. The van der Waals surface area contributed by atoms with Crippen molar-refractivity contribution in [3.8, 4) is 0 Å². The van der Waals surface area contributed by atoms with Crippen LogP contribution in [0.15, 0.2) is 17.1 Å². The van der Waals surface area contributed by atoms with Gasteiger partial charge in [-0.2, -0.15) is 0 Å². The number of hydrogen-bond donors (Lipinski definition) is 0. The lowest BCUT2D eigenvalue weighted by Crippen LogP contribution is -2.23. The zero-order valence-electron chi connectivity index (χ0n) is 9.16. The standard InChI is InChI=1S/C9H7ClN4O3S/c1-5-2-3-13(9(15)7(5)14(16)17)4-6-8(10)18-12-11-6/h2-3H,4H2,1H3. The maximum absolute atomic E-state index is 11.9. The maximum Gasteiger partial charge on any atom is 0.336 e. The molecule has 94 valence electrons. The summed E-state index contributed by atoms with van der Waals surface area (Å²) < 4.78 is 5.19. The normalized spacial score (nSPS) is 10.6. The van der Waals surface area contributed by atoms with Crippen LogP contribution in [0.2, 0.25) is 4.34 Å². The van der Waals surface area contributed by atoms with Crippen molar-refractivity contribution in [1.29, 1.82) is 0 Å². The highest BCUT2D eigenvalue weighted by Crippen LogP contribution is 2.18. The maximum atomic E-state index is 11.9. The van der Waals surface area contributed by atoms with Crippen molar-refractivity contribution in [3.05, 3.63) is 48.3 Å². The first-order valence-corrected chi connectivity index (χ1v) is 5.97. The van der Waals surface area contributed by atoms with Crippen molar-refractivity contribution in [2.45, 2.75) is 13.5 Å². The van der Waals surface area contributed by atoms with E-state index in [0.29, 0.717) is 15.6 Å². The Morgan fingerprint density at radius 3 is 2.89 bits per heavy atom. The minimum absolute atomic E-state index is 0.0648. The first kappa shape index (κ1) is 12.7. The lowest BCUT2D eigenvalue weighted by Gasteiger charge is -2.04. The molecule has 0 saturated heterocycles. The van der Waals surface area contributed by atoms with E-state index in [0.717, 1.165) is 11.5 Å². The van der Waals surface area contributed by atoms with E-state index < -0.39 is 16.2 Å². The number of hydrogen-bond acceptors (Lipinski definition) is 6. The predicted octanol–water partition coefficient (Wildman–Crippen LogP) is 1.62. The second-order valence-electron chi connectivity index (χ2n) is 3.53. The van der Waals surface area contributed by atoms with Gasteiger partial charge in [-0.25, -0.2) is 0 Å². The summed E-state index contributed by atoms with van der Waals surface area (Å²) in [6, 6.07) is 1.51. The van der Waals surface area contributed by atoms with Gasteiger partial charge < -0.3 is 4.57 Å². The molecule has 0 radical (unpaired) electrons. The van der Waals surface area contributed by atoms with Gasteiger partial charge in [0, 0.05) is 23.3 Å². The third-order valence-electron chi connectivity index (χ3n) is 2.35. The lowest BCUT2D eigenvalue weighted by atomic mass is 10.2. The summed E-state index contributed by atoms with van der Waals surface area (Å²) >= 11 is 6.82. The fraction of sp³-hybridized carbons (Fsp3) is 0.222. The molecule has 0 saturated carbocycles. The minimum Gasteiger partial charge on any atom is -0.303 e. The molecule has 9 heteroatoms. The van der Waals surface area contributed by atoms with E-state index in [1.54, 1.807) is 0 Å². The fourth-order valence-electron chi connectivity index (χ4n) is 1.45. The van der Waals surface area contributed by atoms with E-state index in [9.17, 15) is 14.9 Å². The van der Waals surface area contributed by atoms with Gasteiger partial charge in [-0.3, -0.25) is 14.9 Å². The van der Waals surface area contributed by atoms with Crippen LogP contribution in [-0.4, -0.2) is 19.1 Å². The van der Waals surface area contributed by atoms with Gasteiger partial charge in [0.1, 0.15) is 10.0 Å². The molecule has 0 N–H and O–H groups in total. The minimum atomic E-state index is -0.685. The molecule has 18 heavy (non-hydrogen) atoms. The molecule has 2 rings (SSSR count). The third-order valence-corrected chi connectivity index (χ3v) is 3.34. The quantitative estimate of drug-likeness (QED) is 0.631. The summed E-state index contributed by atoms with van der Waals surface area (Å²) in [5.41, 5.74) is -0.369. The molecule has 2 aromatic heterocycles. The van der Waals surface area contributed by atoms with Crippen molar-refractivity contribution < 1.29 is 4.92 Å². The molecule has 0 aliphatic carbocycles. The number of pyridine rings is 1. The van der Waals surface area contributed by atoms with Gasteiger partial charge in [0.05, 0.1) is 11.5 Å². The van der Waals surface area contributed by atoms with Crippen molar-refractivity contribution in [1.82, 2.24) is 14.2 Å². The topological polar surface area (TPSA) is 90.9 Å². The van der Waals surface area contributed by atoms with E-state index >= 15 is 0 Å². The molecular formula is C9H7ClN4O3S. The van der Waals surface area contributed by atoms with E-state index in [1.807, 2.05) is 0 Å². The van der Waals surface area contributed by atoms with Crippen LogP contribution in [0.4, 0.5) is 5.69 Å². The van der Waals surface area contributed by atoms with Crippen LogP contribution in [0, 0.1) is 17.0 Å². The van der Waals surface area contributed by atoms with Gasteiger partial charge in [-0.15, -0.1) is 5.10 Å². The average Bonchev–Trinajstić information content (AvgIpc) is 2.68. The predicted molar refractivity (Wildman–Crippen MR) is 66.1 cm³/mol. The Morgan fingerprint density at radius 2 is 2.33 bits per heavy atom. The Labute approximate surface area is 110 Å². The highest BCUT2D eigenvalue weighted by molar-refractivity contribution is 7.10. The first-order chi connectivity index (χ1) is 8.50. The molecule has 0 unspecified atom stereocenters. The number of aromatic nitrogens is 3. The molecule has 7 nitrogen and oxygen atoms in total. The van der Waals surface area contributed by atoms with Crippen LogP contribution in [0.1, 0.15) is 11.3 Å². The molecule has 0 atom stereocenters. The van der Waals surface area contributed by atoms with Gasteiger partial charge in [0.15, 0.2) is 0 Å². The van der Waals surface area contributed by atoms with Crippen molar-refractivity contribution >= 4 is 28.8 Å². The molecule has 2 aromatic rings. The van der Waals surface area contributed by atoms with Crippen LogP contribution in [0.5, 0.6) is 0 Å². The van der Waals surface area contributed by atoms with Gasteiger partial charge in [0.25, 0.3) is 0 Å². The average molecular weight is 287 g/mol. The zero-order chi connectivity index (χ0) is 13.3. The first-order valence-electron chi connectivity index (χ1n) is 4.82. The lowest BCUT2D eigenvalue weighted by molar-refractivity contribution is -0.387. The number of rotatable bonds is 3. The largest absolute Gasteiger partial charge is 0.336 e. The van der Waals surface area contributed by atoms with E-state index in [-0.39, 0.29) is 6.54 Å². The third kappa shape index (κ3) is 2.24. The van der Waals surface area contributed by atoms with Crippen LogP contribution < -0.4 is 5.56 Å². The van der Waals surface area contributed by atoms with Gasteiger partial charge in [-0.1, -0.05) is 16.1 Å². The van der Waals surface area contributed by atoms with E-state index in [2.05, 4.69) is 9.59 Å². The SMILES string of the molecule is Cc1ccn(Cc2nnsc2Cl)c(=O)c1[N+](=O)[O-]. The van der Waals surface area contributed by atoms with Crippen molar-refractivity contribution in [2.75, 3.05) is 0 Å². The summed E-state index contributed by atoms with van der Waals surface area (Å²) in [6.07, 6.45) is 1.47. The Balaban J connectivity index is 2.48. The second-order valence-corrected chi connectivity index (χ2v) is 4.89. The van der Waals surface area contributed by atoms with Gasteiger partial charge in [0.2, 0.25) is 0 Å². The number of halogens is 1. The summed E-state index contributed by atoms with van der Waals surface area (Å²) in [7, 11) is 0.